The Hall–Kier alpha value is -1.51. The Morgan fingerprint density at radius 3 is 2.31 bits per heavy atom. The van der Waals surface area contributed by atoms with Crippen LogP contribution in [-0.2, 0) is 14.8 Å². The van der Waals surface area contributed by atoms with Gasteiger partial charge in [0.2, 0.25) is 15.9 Å². The molecule has 2 aromatic rings. The molecule has 2 aromatic carbocycles. The number of sulfonamides is 1. The standard InChI is InChI=1S/C16H15Cl3N2O4S/c1-9(16(22)20-13-5-3-10(17)7-12(13)19)21-26(23,24)15-8-11(18)4-6-14(15)25-2/h3-9,21H,1-2H3,(H,20,22)/t9-/m0/s1. The van der Waals surface area contributed by atoms with Crippen molar-refractivity contribution < 1.29 is 17.9 Å². The van der Waals surface area contributed by atoms with Gasteiger partial charge in [0, 0.05) is 10.0 Å². The van der Waals surface area contributed by atoms with Crippen LogP contribution in [0.3, 0.4) is 0 Å². The van der Waals surface area contributed by atoms with Crippen molar-refractivity contribution in [1.82, 2.24) is 4.72 Å². The van der Waals surface area contributed by atoms with Crippen LogP contribution >= 0.6 is 34.8 Å². The average molecular weight is 438 g/mol. The summed E-state index contributed by atoms with van der Waals surface area (Å²) in [6.07, 6.45) is 0. The van der Waals surface area contributed by atoms with Crippen molar-refractivity contribution >= 4 is 56.4 Å². The molecule has 10 heteroatoms. The molecule has 0 unspecified atom stereocenters. The van der Waals surface area contributed by atoms with Gasteiger partial charge in [0.05, 0.1) is 23.9 Å². The van der Waals surface area contributed by atoms with E-state index in [4.69, 9.17) is 39.5 Å². The number of anilines is 1. The fraction of sp³-hybridized carbons (Fsp3) is 0.188. The van der Waals surface area contributed by atoms with Gasteiger partial charge < -0.3 is 10.1 Å². The second kappa shape index (κ2) is 8.45. The number of hydrogen-bond donors (Lipinski definition) is 2. The molecular formula is C16H15Cl3N2O4S. The van der Waals surface area contributed by atoms with Crippen LogP contribution in [0.5, 0.6) is 5.75 Å². The third kappa shape index (κ3) is 5.02. The molecule has 0 radical (unpaired) electrons. The van der Waals surface area contributed by atoms with Crippen molar-refractivity contribution in [2.24, 2.45) is 0 Å². The molecule has 0 saturated heterocycles. The number of benzene rings is 2. The second-order valence-corrected chi connectivity index (χ2v) is 8.21. The summed E-state index contributed by atoms with van der Waals surface area (Å²) in [6, 6.07) is 7.61. The smallest absolute Gasteiger partial charge is 0.245 e. The summed E-state index contributed by atoms with van der Waals surface area (Å²) < 4.78 is 32.5. The summed E-state index contributed by atoms with van der Waals surface area (Å²) in [5, 5.41) is 3.40. The number of nitrogens with one attached hydrogen (secondary N) is 2. The first-order valence-electron chi connectivity index (χ1n) is 7.26. The van der Waals surface area contributed by atoms with Crippen molar-refractivity contribution in [3.63, 3.8) is 0 Å². The fourth-order valence-electron chi connectivity index (χ4n) is 2.04. The SMILES string of the molecule is COc1ccc(Cl)cc1S(=O)(=O)N[C@@H](C)C(=O)Nc1ccc(Cl)cc1Cl. The zero-order valence-corrected chi connectivity index (χ0v) is 16.8. The minimum atomic E-state index is -4.05. The van der Waals surface area contributed by atoms with E-state index in [9.17, 15) is 13.2 Å². The molecule has 140 valence electrons. The van der Waals surface area contributed by atoms with Crippen molar-refractivity contribution in [3.8, 4) is 5.75 Å². The highest BCUT2D eigenvalue weighted by Gasteiger charge is 2.25. The number of amides is 1. The Morgan fingerprint density at radius 1 is 1.08 bits per heavy atom. The normalized spacial score (nSPS) is 12.5. The van der Waals surface area contributed by atoms with E-state index in [1.807, 2.05) is 0 Å². The third-order valence-electron chi connectivity index (χ3n) is 3.33. The predicted molar refractivity (Wildman–Crippen MR) is 103 cm³/mol. The number of carbonyl (C=O) groups excluding carboxylic acids is 1. The highest BCUT2D eigenvalue weighted by atomic mass is 35.5. The summed E-state index contributed by atoms with van der Waals surface area (Å²) in [7, 11) is -2.72. The van der Waals surface area contributed by atoms with Crippen LogP contribution < -0.4 is 14.8 Å². The molecule has 1 atom stereocenters. The molecule has 1 amide bonds. The summed E-state index contributed by atoms with van der Waals surface area (Å²) in [6.45, 7) is 1.40. The molecular weight excluding hydrogens is 423 g/mol. The molecule has 0 heterocycles. The van der Waals surface area contributed by atoms with E-state index in [1.165, 1.54) is 44.4 Å². The largest absolute Gasteiger partial charge is 0.495 e. The summed E-state index contributed by atoms with van der Waals surface area (Å²) in [4.78, 5) is 12.1. The number of methoxy groups -OCH3 is 1. The van der Waals surface area contributed by atoms with Crippen LogP contribution in [0.25, 0.3) is 0 Å². The lowest BCUT2D eigenvalue weighted by molar-refractivity contribution is -0.117. The molecule has 0 bridgehead atoms. The Morgan fingerprint density at radius 2 is 1.69 bits per heavy atom. The van der Waals surface area contributed by atoms with Crippen LogP contribution in [0, 0.1) is 0 Å². The first-order valence-corrected chi connectivity index (χ1v) is 9.87. The third-order valence-corrected chi connectivity index (χ3v) is 5.67. The van der Waals surface area contributed by atoms with Crippen molar-refractivity contribution in [1.29, 1.82) is 0 Å². The molecule has 2 rings (SSSR count). The predicted octanol–water partition coefficient (Wildman–Crippen LogP) is 3.96. The lowest BCUT2D eigenvalue weighted by atomic mass is 10.3. The van der Waals surface area contributed by atoms with Crippen LogP contribution in [-0.4, -0.2) is 27.5 Å². The van der Waals surface area contributed by atoms with Gasteiger partial charge in [-0.05, 0) is 43.3 Å². The van der Waals surface area contributed by atoms with E-state index in [2.05, 4.69) is 10.0 Å². The maximum atomic E-state index is 12.6. The van der Waals surface area contributed by atoms with Crippen molar-refractivity contribution in [2.45, 2.75) is 17.9 Å². The van der Waals surface area contributed by atoms with Crippen LogP contribution in [0.4, 0.5) is 5.69 Å². The molecule has 26 heavy (non-hydrogen) atoms. The fourth-order valence-corrected chi connectivity index (χ4v) is 4.13. The van der Waals surface area contributed by atoms with Gasteiger partial charge >= 0.3 is 0 Å². The minimum Gasteiger partial charge on any atom is -0.495 e. The van der Waals surface area contributed by atoms with Crippen molar-refractivity contribution in [2.75, 3.05) is 12.4 Å². The first-order chi connectivity index (χ1) is 12.1. The summed E-state index contributed by atoms with van der Waals surface area (Å²) >= 11 is 17.7. The Labute approximate surface area is 166 Å². The van der Waals surface area contributed by atoms with Crippen LogP contribution in [0.2, 0.25) is 15.1 Å². The first kappa shape index (κ1) is 20.8. The highest BCUT2D eigenvalue weighted by molar-refractivity contribution is 7.89. The van der Waals surface area contributed by atoms with Gasteiger partial charge in [-0.2, -0.15) is 4.72 Å². The molecule has 6 nitrogen and oxygen atoms in total. The molecule has 0 aliphatic carbocycles. The number of ether oxygens (including phenoxy) is 1. The lowest BCUT2D eigenvalue weighted by Gasteiger charge is -2.16. The molecule has 0 aromatic heterocycles. The molecule has 0 aliphatic heterocycles. The maximum Gasteiger partial charge on any atom is 0.245 e. The van der Waals surface area contributed by atoms with Crippen molar-refractivity contribution in [3.05, 3.63) is 51.5 Å². The van der Waals surface area contributed by atoms with Gasteiger partial charge in [-0.25, -0.2) is 8.42 Å². The Bertz CT molecular complexity index is 935. The molecule has 0 saturated carbocycles. The number of halogens is 3. The van der Waals surface area contributed by atoms with E-state index < -0.39 is 22.0 Å². The molecule has 0 aliphatic rings. The van der Waals surface area contributed by atoms with Crippen LogP contribution in [0.1, 0.15) is 6.92 Å². The van der Waals surface area contributed by atoms with E-state index in [1.54, 1.807) is 6.07 Å². The summed E-state index contributed by atoms with van der Waals surface area (Å²) in [5.74, 6) is -0.492. The summed E-state index contributed by atoms with van der Waals surface area (Å²) in [5.41, 5.74) is 0.312. The molecule has 0 spiro atoms. The van der Waals surface area contributed by atoms with Gasteiger partial charge in [-0.1, -0.05) is 34.8 Å². The van der Waals surface area contributed by atoms with Crippen LogP contribution in [0.15, 0.2) is 41.3 Å². The van der Waals surface area contributed by atoms with Gasteiger partial charge in [0.25, 0.3) is 0 Å². The quantitative estimate of drug-likeness (QED) is 0.716. The monoisotopic (exact) mass is 436 g/mol. The van der Waals surface area contributed by atoms with E-state index in [0.717, 1.165) is 0 Å². The average Bonchev–Trinajstić information content (AvgIpc) is 2.56. The maximum absolute atomic E-state index is 12.6. The zero-order valence-electron chi connectivity index (χ0n) is 13.7. The number of hydrogen-bond acceptors (Lipinski definition) is 4. The molecule has 2 N–H and O–H groups in total. The van der Waals surface area contributed by atoms with E-state index in [0.29, 0.717) is 10.7 Å². The lowest BCUT2D eigenvalue weighted by Crippen LogP contribution is -2.41. The minimum absolute atomic E-state index is 0.107. The van der Waals surface area contributed by atoms with Gasteiger partial charge in [0.1, 0.15) is 10.6 Å². The Balaban J connectivity index is 2.18. The van der Waals surface area contributed by atoms with Gasteiger partial charge in [0.15, 0.2) is 0 Å². The highest BCUT2D eigenvalue weighted by Crippen LogP contribution is 2.28. The van der Waals surface area contributed by atoms with E-state index in [-0.39, 0.29) is 20.7 Å². The topological polar surface area (TPSA) is 84.5 Å². The second-order valence-electron chi connectivity index (χ2n) is 5.25. The van der Waals surface area contributed by atoms with Gasteiger partial charge in [-0.3, -0.25) is 4.79 Å². The zero-order chi connectivity index (χ0) is 19.5. The van der Waals surface area contributed by atoms with E-state index >= 15 is 0 Å². The number of rotatable bonds is 6. The Kier molecular flexibility index (Phi) is 6.76. The van der Waals surface area contributed by atoms with Gasteiger partial charge in [-0.15, -0.1) is 0 Å². The molecule has 0 fully saturated rings. The number of carbonyl (C=O) groups is 1.